The fourth-order valence-electron chi connectivity index (χ4n) is 2.65. The van der Waals surface area contributed by atoms with E-state index < -0.39 is 9.05 Å². The Labute approximate surface area is 126 Å². The maximum Gasteiger partial charge on any atom is 0.233 e. The van der Waals surface area contributed by atoms with Gasteiger partial charge in [-0.05, 0) is 12.8 Å². The molecule has 20 heavy (non-hydrogen) atoms. The van der Waals surface area contributed by atoms with Crippen molar-refractivity contribution in [3.8, 4) is 0 Å². The Hall–Kier alpha value is 0.120. The minimum absolute atomic E-state index is 0.00604. The fraction of sp³-hybridized carbons (Fsp3) is 1.00. The first-order chi connectivity index (χ1) is 9.47. The highest BCUT2D eigenvalue weighted by atomic mass is 35.7. The van der Waals surface area contributed by atoms with Crippen molar-refractivity contribution in [2.45, 2.75) is 32.1 Å². The van der Waals surface area contributed by atoms with E-state index in [-0.39, 0.29) is 11.2 Å². The fourth-order valence-corrected chi connectivity index (χ4v) is 4.45. The van der Waals surface area contributed by atoms with Crippen LogP contribution in [0.15, 0.2) is 0 Å². The third kappa shape index (κ3) is 7.78. The van der Waals surface area contributed by atoms with Crippen LogP contribution in [0.4, 0.5) is 0 Å². The Morgan fingerprint density at radius 1 is 1.00 bits per heavy atom. The topological polar surface area (TPSA) is 61.8 Å². The standard InChI is InChI=1S/C13H25ClO5S/c1-17-7-8-18-9-10-19-11-13(12-20(14,15)16)5-3-2-4-6-13/h2-12H2,1H3. The number of rotatable bonds is 10. The molecule has 0 aromatic carbocycles. The second-order valence-electron chi connectivity index (χ2n) is 5.40. The summed E-state index contributed by atoms with van der Waals surface area (Å²) in [5.74, 6) is 0.00604. The number of ether oxygens (including phenoxy) is 3. The molecule has 0 spiro atoms. The van der Waals surface area contributed by atoms with Crippen molar-refractivity contribution in [3.05, 3.63) is 0 Å². The molecular formula is C13H25ClO5S. The molecule has 5 nitrogen and oxygen atoms in total. The van der Waals surface area contributed by atoms with E-state index in [0.29, 0.717) is 33.0 Å². The van der Waals surface area contributed by atoms with E-state index in [9.17, 15) is 8.42 Å². The second-order valence-corrected chi connectivity index (χ2v) is 8.18. The van der Waals surface area contributed by atoms with Crippen LogP contribution in [0.2, 0.25) is 0 Å². The number of halogens is 1. The zero-order chi connectivity index (χ0) is 14.9. The molecule has 0 amide bonds. The van der Waals surface area contributed by atoms with Crippen molar-refractivity contribution in [3.63, 3.8) is 0 Å². The van der Waals surface area contributed by atoms with Crippen molar-refractivity contribution < 1.29 is 22.6 Å². The highest BCUT2D eigenvalue weighted by Crippen LogP contribution is 2.38. The lowest BCUT2D eigenvalue weighted by Crippen LogP contribution is -2.36. The Kier molecular flexibility index (Phi) is 8.36. The monoisotopic (exact) mass is 328 g/mol. The third-order valence-corrected chi connectivity index (χ3v) is 4.89. The predicted molar refractivity (Wildman–Crippen MR) is 78.7 cm³/mol. The molecule has 1 fully saturated rings. The molecule has 0 aromatic rings. The molecule has 1 aliphatic carbocycles. The van der Waals surface area contributed by atoms with Crippen LogP contribution in [0.3, 0.4) is 0 Å². The van der Waals surface area contributed by atoms with E-state index in [4.69, 9.17) is 24.9 Å². The quantitative estimate of drug-likeness (QED) is 0.454. The summed E-state index contributed by atoms with van der Waals surface area (Å²) in [6.07, 6.45) is 4.97. The first kappa shape index (κ1) is 18.2. The predicted octanol–water partition coefficient (Wildman–Crippen LogP) is 2.19. The highest BCUT2D eigenvalue weighted by Gasteiger charge is 2.36. The van der Waals surface area contributed by atoms with E-state index in [0.717, 1.165) is 32.1 Å². The van der Waals surface area contributed by atoms with Gasteiger partial charge in [-0.15, -0.1) is 0 Å². The van der Waals surface area contributed by atoms with Crippen molar-refractivity contribution in [1.82, 2.24) is 0 Å². The molecule has 0 bridgehead atoms. The normalized spacial score (nSPS) is 19.1. The molecule has 0 N–H and O–H groups in total. The first-order valence-electron chi connectivity index (χ1n) is 7.04. The molecule has 0 aliphatic heterocycles. The number of hydrogen-bond acceptors (Lipinski definition) is 5. The number of methoxy groups -OCH3 is 1. The van der Waals surface area contributed by atoms with Gasteiger partial charge in [-0.1, -0.05) is 19.3 Å². The molecule has 1 rings (SSSR count). The Morgan fingerprint density at radius 3 is 2.20 bits per heavy atom. The minimum Gasteiger partial charge on any atom is -0.382 e. The summed E-state index contributed by atoms with van der Waals surface area (Å²) in [4.78, 5) is 0. The molecular weight excluding hydrogens is 304 g/mol. The lowest BCUT2D eigenvalue weighted by molar-refractivity contribution is -0.00954. The summed E-state index contributed by atoms with van der Waals surface area (Å²) >= 11 is 0. The van der Waals surface area contributed by atoms with Gasteiger partial charge in [0.25, 0.3) is 0 Å². The lowest BCUT2D eigenvalue weighted by atomic mass is 9.76. The number of hydrogen-bond donors (Lipinski definition) is 0. The summed E-state index contributed by atoms with van der Waals surface area (Å²) < 4.78 is 38.6. The lowest BCUT2D eigenvalue weighted by Gasteiger charge is -2.35. The summed E-state index contributed by atoms with van der Waals surface area (Å²) in [6, 6.07) is 0. The van der Waals surface area contributed by atoms with Crippen LogP contribution in [-0.4, -0.2) is 54.3 Å². The maximum atomic E-state index is 11.4. The summed E-state index contributed by atoms with van der Waals surface area (Å²) in [5, 5.41) is 0. The second kappa shape index (κ2) is 9.20. The van der Waals surface area contributed by atoms with Gasteiger partial charge in [-0.2, -0.15) is 0 Å². The van der Waals surface area contributed by atoms with Gasteiger partial charge in [0.2, 0.25) is 9.05 Å². The van der Waals surface area contributed by atoms with Gasteiger partial charge in [0.05, 0.1) is 38.8 Å². The molecule has 1 aliphatic rings. The third-order valence-electron chi connectivity index (χ3n) is 3.60. The van der Waals surface area contributed by atoms with Gasteiger partial charge in [0, 0.05) is 23.2 Å². The van der Waals surface area contributed by atoms with Crippen molar-refractivity contribution >= 4 is 19.7 Å². The van der Waals surface area contributed by atoms with Crippen LogP contribution in [0.25, 0.3) is 0 Å². The van der Waals surface area contributed by atoms with Gasteiger partial charge in [-0.3, -0.25) is 0 Å². The summed E-state index contributed by atoms with van der Waals surface area (Å²) in [5.41, 5.74) is -0.314. The van der Waals surface area contributed by atoms with Gasteiger partial charge >= 0.3 is 0 Å². The summed E-state index contributed by atoms with van der Waals surface area (Å²) in [7, 11) is 3.56. The first-order valence-corrected chi connectivity index (χ1v) is 9.52. The average Bonchev–Trinajstić information content (AvgIpc) is 2.37. The van der Waals surface area contributed by atoms with Crippen LogP contribution < -0.4 is 0 Å². The molecule has 0 radical (unpaired) electrons. The molecule has 0 saturated heterocycles. The zero-order valence-corrected chi connectivity index (χ0v) is 13.7. The molecule has 0 unspecified atom stereocenters. The Balaban J connectivity index is 2.30. The Morgan fingerprint density at radius 2 is 1.60 bits per heavy atom. The molecule has 7 heteroatoms. The molecule has 0 heterocycles. The molecule has 0 aromatic heterocycles. The molecule has 120 valence electrons. The van der Waals surface area contributed by atoms with Crippen LogP contribution >= 0.6 is 10.7 Å². The van der Waals surface area contributed by atoms with E-state index in [2.05, 4.69) is 0 Å². The minimum atomic E-state index is -3.49. The van der Waals surface area contributed by atoms with Gasteiger partial charge in [0.15, 0.2) is 0 Å². The molecule has 1 saturated carbocycles. The molecule has 0 atom stereocenters. The van der Waals surface area contributed by atoms with E-state index in [1.165, 1.54) is 0 Å². The largest absolute Gasteiger partial charge is 0.382 e. The average molecular weight is 329 g/mol. The Bertz CT molecular complexity index is 352. The maximum absolute atomic E-state index is 11.4. The van der Waals surface area contributed by atoms with Crippen molar-refractivity contribution in [1.29, 1.82) is 0 Å². The van der Waals surface area contributed by atoms with Crippen molar-refractivity contribution in [2.75, 3.05) is 45.9 Å². The van der Waals surface area contributed by atoms with E-state index in [1.54, 1.807) is 7.11 Å². The highest BCUT2D eigenvalue weighted by molar-refractivity contribution is 8.13. The summed E-state index contributed by atoms with van der Waals surface area (Å²) in [6.45, 7) is 2.50. The van der Waals surface area contributed by atoms with Crippen LogP contribution in [-0.2, 0) is 23.3 Å². The zero-order valence-electron chi connectivity index (χ0n) is 12.1. The van der Waals surface area contributed by atoms with Gasteiger partial charge in [-0.25, -0.2) is 8.42 Å². The van der Waals surface area contributed by atoms with Crippen LogP contribution in [0.1, 0.15) is 32.1 Å². The smallest absolute Gasteiger partial charge is 0.233 e. The van der Waals surface area contributed by atoms with Gasteiger partial charge < -0.3 is 14.2 Å². The SMILES string of the molecule is COCCOCCOCC1(CS(=O)(=O)Cl)CCCCC1. The van der Waals surface area contributed by atoms with Crippen molar-refractivity contribution in [2.24, 2.45) is 5.41 Å². The van der Waals surface area contributed by atoms with E-state index >= 15 is 0 Å². The van der Waals surface area contributed by atoms with Gasteiger partial charge in [0.1, 0.15) is 0 Å². The van der Waals surface area contributed by atoms with E-state index in [1.807, 2.05) is 0 Å². The van der Waals surface area contributed by atoms with Crippen LogP contribution in [0.5, 0.6) is 0 Å². The van der Waals surface area contributed by atoms with Crippen LogP contribution in [0, 0.1) is 5.41 Å².